The van der Waals surface area contributed by atoms with Crippen LogP contribution in [0.1, 0.15) is 43.1 Å². The molecule has 1 N–H and O–H groups in total. The summed E-state index contributed by atoms with van der Waals surface area (Å²) in [6.07, 6.45) is 8.02. The fraction of sp³-hybridized carbons (Fsp3) is 0.379. The molecule has 1 saturated carbocycles. The number of aryl methyl sites for hydroxylation is 1. The van der Waals surface area contributed by atoms with Crippen molar-refractivity contribution in [1.29, 1.82) is 10.5 Å². The molecular weight excluding hydrogens is 539 g/mol. The average molecular weight is 571 g/mol. The second-order valence-corrected chi connectivity index (χ2v) is 11.0. The lowest BCUT2D eigenvalue weighted by Gasteiger charge is -2.41. The van der Waals surface area contributed by atoms with Crippen molar-refractivity contribution in [1.82, 2.24) is 24.8 Å². The topological polar surface area (TPSA) is 122 Å². The molecule has 2 aliphatic rings. The van der Waals surface area contributed by atoms with Crippen LogP contribution in [0.25, 0.3) is 17.3 Å². The molecule has 2 aromatic heterocycles. The van der Waals surface area contributed by atoms with Gasteiger partial charge in [0.15, 0.2) is 5.13 Å². The third-order valence-corrected chi connectivity index (χ3v) is 8.21. The minimum absolute atomic E-state index is 0.235. The molecule has 0 atom stereocenters. The summed E-state index contributed by atoms with van der Waals surface area (Å²) in [5.41, 5.74) is 1.68. The number of imidazole rings is 1. The summed E-state index contributed by atoms with van der Waals surface area (Å²) in [6, 6.07) is 10.8. The van der Waals surface area contributed by atoms with Crippen LogP contribution in [0.5, 0.6) is 0 Å². The lowest BCUT2D eigenvalue weighted by Crippen LogP contribution is -2.62. The zero-order valence-corrected chi connectivity index (χ0v) is 24.3. The molecule has 210 valence electrons. The van der Waals surface area contributed by atoms with Crippen LogP contribution in [0.3, 0.4) is 0 Å². The monoisotopic (exact) mass is 570 g/mol. The Balaban J connectivity index is 1.44. The number of guanidine groups is 1. The summed E-state index contributed by atoms with van der Waals surface area (Å²) < 4.78 is 15.4. The smallest absolute Gasteiger partial charge is 0.221 e. The Labute approximate surface area is 242 Å². The normalized spacial score (nSPS) is 16.7. The number of halogens is 1. The van der Waals surface area contributed by atoms with Crippen molar-refractivity contribution in [2.45, 2.75) is 44.7 Å². The first kappa shape index (κ1) is 28.1. The summed E-state index contributed by atoms with van der Waals surface area (Å²) in [7, 11) is 3.60. The van der Waals surface area contributed by atoms with Crippen LogP contribution in [0.4, 0.5) is 15.3 Å². The van der Waals surface area contributed by atoms with Crippen LogP contribution in [-0.4, -0.2) is 70.5 Å². The third-order valence-electron chi connectivity index (χ3n) is 7.17. The number of nitrogens with one attached hydrogen (secondary N) is 1. The van der Waals surface area contributed by atoms with E-state index < -0.39 is 0 Å². The Morgan fingerprint density at radius 1 is 1.27 bits per heavy atom. The van der Waals surface area contributed by atoms with Crippen molar-refractivity contribution in [3.63, 3.8) is 0 Å². The predicted octanol–water partition coefficient (Wildman–Crippen LogP) is 4.57. The molecule has 5 rings (SSSR count). The SMILES string of the molecule is C/C=C\c1nc(CC)c(N(C)c2nc(-c3ccc(F)cc3)c(C#N)s2)n1/C=N\C(=N/C)N1CC(NC2(C#N)CC2)C1. The van der Waals surface area contributed by atoms with E-state index >= 15 is 0 Å². The maximum atomic E-state index is 13.5. The van der Waals surface area contributed by atoms with Crippen LogP contribution < -0.4 is 10.2 Å². The highest BCUT2D eigenvalue weighted by Gasteiger charge is 2.46. The van der Waals surface area contributed by atoms with E-state index in [0.29, 0.717) is 39.5 Å². The minimum Gasteiger partial charge on any atom is -0.338 e. The van der Waals surface area contributed by atoms with Gasteiger partial charge in [0.2, 0.25) is 5.96 Å². The van der Waals surface area contributed by atoms with Crippen molar-refractivity contribution in [2.75, 3.05) is 32.1 Å². The number of nitriles is 2. The quantitative estimate of drug-likeness (QED) is 0.311. The molecule has 0 bridgehead atoms. The van der Waals surface area contributed by atoms with E-state index in [4.69, 9.17) is 15.0 Å². The highest BCUT2D eigenvalue weighted by atomic mass is 32.1. The molecule has 2 fully saturated rings. The van der Waals surface area contributed by atoms with Gasteiger partial charge >= 0.3 is 0 Å². The standard InChI is InChI=1S/C29H31FN10S/c1-5-7-24-35-22(6-2)26(38(4)28-36-25(23(14-31)41-28)19-8-10-20(30)11-9-19)40(24)18-34-27(33-3)39-15-21(16-39)37-29(17-32)12-13-29/h5,7-11,18,21,37H,6,12-13,15-16H2,1-4H3/b7-5-,33-27+,34-18-. The van der Waals surface area contributed by atoms with Gasteiger partial charge in [0.05, 0.1) is 11.8 Å². The number of nitrogens with zero attached hydrogens (tertiary/aromatic N) is 9. The first-order valence-corrected chi connectivity index (χ1v) is 14.3. The van der Waals surface area contributed by atoms with E-state index in [0.717, 1.165) is 37.4 Å². The third kappa shape index (κ3) is 5.62. The molecule has 3 aromatic rings. The summed E-state index contributed by atoms with van der Waals surface area (Å²) in [5, 5.41) is 23.3. The highest BCUT2D eigenvalue weighted by Crippen LogP contribution is 2.37. The van der Waals surface area contributed by atoms with E-state index in [-0.39, 0.29) is 17.4 Å². The number of hydrogen-bond acceptors (Lipinski definition) is 8. The van der Waals surface area contributed by atoms with E-state index in [9.17, 15) is 14.9 Å². The lowest BCUT2D eigenvalue weighted by atomic mass is 10.1. The van der Waals surface area contributed by atoms with Crippen molar-refractivity contribution < 1.29 is 4.39 Å². The first-order valence-electron chi connectivity index (χ1n) is 13.4. The predicted molar refractivity (Wildman–Crippen MR) is 160 cm³/mol. The first-order chi connectivity index (χ1) is 19.8. The van der Waals surface area contributed by atoms with Crippen LogP contribution >= 0.6 is 11.3 Å². The molecule has 0 amide bonds. The van der Waals surface area contributed by atoms with E-state index in [2.05, 4.69) is 27.3 Å². The number of aliphatic imine (C=N–C) groups is 2. The molecule has 3 heterocycles. The van der Waals surface area contributed by atoms with E-state index in [1.165, 1.54) is 23.5 Å². The molecule has 0 unspecified atom stereocenters. The van der Waals surface area contributed by atoms with Crippen molar-refractivity contribution in [3.8, 4) is 23.4 Å². The molecule has 1 aromatic carbocycles. The Morgan fingerprint density at radius 3 is 2.59 bits per heavy atom. The van der Waals surface area contributed by atoms with Gasteiger partial charge in [0.25, 0.3) is 0 Å². The van der Waals surface area contributed by atoms with Crippen LogP contribution in [0.2, 0.25) is 0 Å². The van der Waals surface area contributed by atoms with Gasteiger partial charge in [-0.05, 0) is 56.5 Å². The van der Waals surface area contributed by atoms with Gasteiger partial charge in [0, 0.05) is 38.8 Å². The summed E-state index contributed by atoms with van der Waals surface area (Å²) in [4.78, 5) is 23.2. The lowest BCUT2D eigenvalue weighted by molar-refractivity contribution is 0.202. The minimum atomic E-state index is -0.352. The number of hydrogen-bond donors (Lipinski definition) is 1. The molecule has 12 heteroatoms. The Bertz CT molecular complexity index is 1590. The van der Waals surface area contributed by atoms with Gasteiger partial charge in [-0.1, -0.05) is 24.3 Å². The van der Waals surface area contributed by atoms with Crippen molar-refractivity contribution in [2.24, 2.45) is 9.98 Å². The fourth-order valence-corrected chi connectivity index (χ4v) is 5.66. The van der Waals surface area contributed by atoms with Gasteiger partial charge in [-0.2, -0.15) is 10.5 Å². The van der Waals surface area contributed by atoms with Gasteiger partial charge < -0.3 is 9.80 Å². The average Bonchev–Trinajstić information content (AvgIpc) is 3.47. The molecule has 1 saturated heterocycles. The molecule has 41 heavy (non-hydrogen) atoms. The van der Waals surface area contributed by atoms with E-state index in [1.807, 2.05) is 42.5 Å². The second-order valence-electron chi connectivity index (χ2n) is 10.0. The maximum absolute atomic E-state index is 13.5. The number of allylic oxidation sites excluding steroid dienone is 1. The van der Waals surface area contributed by atoms with Crippen molar-refractivity contribution >= 4 is 40.7 Å². The number of rotatable bonds is 8. The second kappa shape index (κ2) is 11.6. The zero-order valence-electron chi connectivity index (χ0n) is 23.5. The van der Waals surface area contributed by atoms with Gasteiger partial charge in [-0.15, -0.1) is 0 Å². The Hall–Kier alpha value is -4.39. The Morgan fingerprint density at radius 2 is 2.00 bits per heavy atom. The number of aromatic nitrogens is 3. The molecular formula is C29H31FN10S. The molecule has 0 radical (unpaired) electrons. The summed E-state index contributed by atoms with van der Waals surface area (Å²) in [6.45, 7) is 5.43. The van der Waals surface area contributed by atoms with E-state index in [1.54, 1.807) is 25.5 Å². The zero-order chi connectivity index (χ0) is 29.1. The van der Waals surface area contributed by atoms with Gasteiger partial charge in [-0.25, -0.2) is 19.4 Å². The molecule has 1 aliphatic heterocycles. The Kier molecular flexibility index (Phi) is 7.97. The number of likely N-dealkylation sites (tertiary alicyclic amines) is 1. The molecule has 0 spiro atoms. The van der Waals surface area contributed by atoms with Gasteiger partial charge in [0.1, 0.15) is 46.0 Å². The number of thiazole rings is 1. The molecule has 1 aliphatic carbocycles. The number of benzene rings is 1. The highest BCUT2D eigenvalue weighted by molar-refractivity contribution is 7.16. The summed E-state index contributed by atoms with van der Waals surface area (Å²) in [5.74, 6) is 1.72. The van der Waals surface area contributed by atoms with Crippen LogP contribution in [0.15, 0.2) is 40.3 Å². The van der Waals surface area contributed by atoms with Crippen LogP contribution in [-0.2, 0) is 6.42 Å². The largest absolute Gasteiger partial charge is 0.338 e. The maximum Gasteiger partial charge on any atom is 0.221 e. The number of anilines is 2. The summed E-state index contributed by atoms with van der Waals surface area (Å²) >= 11 is 1.26. The van der Waals surface area contributed by atoms with Crippen LogP contribution in [0, 0.1) is 28.5 Å². The van der Waals surface area contributed by atoms with Crippen molar-refractivity contribution in [3.05, 3.63) is 52.6 Å². The molecule has 10 nitrogen and oxygen atoms in total. The van der Waals surface area contributed by atoms with Gasteiger partial charge in [-0.3, -0.25) is 14.9 Å². The fourth-order valence-electron chi connectivity index (χ4n) is 4.81.